The van der Waals surface area contributed by atoms with Crippen LogP contribution in [0.25, 0.3) is 0 Å². The topological polar surface area (TPSA) is 56.7 Å². The monoisotopic (exact) mass is 394 g/mol. The van der Waals surface area contributed by atoms with Crippen molar-refractivity contribution < 1.29 is 18.0 Å². The van der Waals surface area contributed by atoms with Crippen molar-refractivity contribution in [3.05, 3.63) is 76.4 Å². The first-order valence-corrected chi connectivity index (χ1v) is 8.85. The van der Waals surface area contributed by atoms with E-state index in [0.29, 0.717) is 4.91 Å². The summed E-state index contributed by atoms with van der Waals surface area (Å²) in [5.41, 5.74) is 1.43. The highest BCUT2D eigenvalue weighted by atomic mass is 32.2. The fourth-order valence-electron chi connectivity index (χ4n) is 2.30. The van der Waals surface area contributed by atoms with Gasteiger partial charge in [-0.25, -0.2) is 13.2 Å². The highest BCUT2D eigenvalue weighted by Gasteiger charge is 2.24. The summed E-state index contributed by atoms with van der Waals surface area (Å²) in [6.07, 6.45) is 9.05. The predicted molar refractivity (Wildman–Crippen MR) is 95.9 cm³/mol. The van der Waals surface area contributed by atoms with Gasteiger partial charge in [0.15, 0.2) is 22.6 Å². The first kappa shape index (κ1) is 16.9. The summed E-state index contributed by atoms with van der Waals surface area (Å²) >= 11 is 2.41. The van der Waals surface area contributed by atoms with Gasteiger partial charge in [0, 0.05) is 12.4 Å². The summed E-state index contributed by atoms with van der Waals surface area (Å²) in [6, 6.07) is 1.84. The zero-order chi connectivity index (χ0) is 18.3. The number of carbonyl (C=O) groups excluding carboxylic acids is 1. The van der Waals surface area contributed by atoms with Gasteiger partial charge in [0.1, 0.15) is 0 Å². The van der Waals surface area contributed by atoms with Crippen molar-refractivity contribution in [1.29, 1.82) is 0 Å². The zero-order valence-electron chi connectivity index (χ0n) is 12.8. The van der Waals surface area contributed by atoms with Gasteiger partial charge in [-0.1, -0.05) is 0 Å². The van der Waals surface area contributed by atoms with Crippen LogP contribution in [0.2, 0.25) is 0 Å². The number of nitrogens with one attached hydrogen (secondary N) is 2. The highest BCUT2D eigenvalue weighted by Crippen LogP contribution is 2.32. The summed E-state index contributed by atoms with van der Waals surface area (Å²) in [7, 11) is 0. The van der Waals surface area contributed by atoms with Gasteiger partial charge in [0.25, 0.3) is 5.91 Å². The Morgan fingerprint density at radius 3 is 2.92 bits per heavy atom. The molecule has 0 aromatic heterocycles. The van der Waals surface area contributed by atoms with Crippen molar-refractivity contribution >= 4 is 40.7 Å². The number of fused-ring (bicyclic) bond motifs is 1. The molecule has 0 bridgehead atoms. The maximum Gasteiger partial charge on any atom is 0.286 e. The number of hydrogen-bond acceptors (Lipinski definition) is 6. The predicted octanol–water partition coefficient (Wildman–Crippen LogP) is 3.79. The van der Waals surface area contributed by atoms with Crippen molar-refractivity contribution in [3.63, 3.8) is 0 Å². The average molecular weight is 394 g/mol. The van der Waals surface area contributed by atoms with Crippen LogP contribution in [0, 0.1) is 17.5 Å². The molecule has 0 saturated heterocycles. The number of amides is 1. The standard InChI is InChI=1S/C16H9F3N4OS2/c17-10-1-2-11(14(19)13(10)18)21-16-22-15(24)12(25-16)6-8-3-4-23-9(5-8)7-20-26-23/h1-7,20H,(H,21,22,24). The minimum atomic E-state index is -1.58. The van der Waals surface area contributed by atoms with Gasteiger partial charge >= 0.3 is 0 Å². The van der Waals surface area contributed by atoms with Gasteiger partial charge in [-0.15, -0.1) is 0 Å². The Morgan fingerprint density at radius 2 is 2.08 bits per heavy atom. The van der Waals surface area contributed by atoms with Crippen molar-refractivity contribution in [3.8, 4) is 0 Å². The number of carbonyl (C=O) groups is 1. The van der Waals surface area contributed by atoms with Crippen LogP contribution < -0.4 is 10.0 Å². The summed E-state index contributed by atoms with van der Waals surface area (Å²) in [4.78, 5) is 16.2. The molecule has 3 aliphatic heterocycles. The molecule has 0 unspecified atom stereocenters. The number of aliphatic imine (C=N–C) groups is 1. The number of thioether (sulfide) groups is 1. The minimum absolute atomic E-state index is 0.0884. The van der Waals surface area contributed by atoms with Gasteiger partial charge in [-0.05, 0) is 47.7 Å². The largest absolute Gasteiger partial charge is 0.332 e. The number of nitrogens with zero attached hydrogens (tertiary/aromatic N) is 2. The van der Waals surface area contributed by atoms with Gasteiger partial charge in [-0.3, -0.25) is 9.10 Å². The lowest BCUT2D eigenvalue weighted by molar-refractivity contribution is -0.113. The maximum atomic E-state index is 13.7. The minimum Gasteiger partial charge on any atom is -0.332 e. The van der Waals surface area contributed by atoms with Crippen LogP contribution in [0.1, 0.15) is 0 Å². The molecule has 3 aliphatic rings. The molecule has 4 rings (SSSR count). The van der Waals surface area contributed by atoms with E-state index in [-0.39, 0.29) is 10.9 Å². The van der Waals surface area contributed by atoms with E-state index in [2.05, 4.69) is 15.0 Å². The van der Waals surface area contributed by atoms with E-state index >= 15 is 0 Å². The Balaban J connectivity index is 1.51. The Morgan fingerprint density at radius 1 is 1.23 bits per heavy atom. The number of anilines is 1. The van der Waals surface area contributed by atoms with Crippen molar-refractivity contribution in [2.45, 2.75) is 0 Å². The second-order valence-electron chi connectivity index (χ2n) is 5.24. The Bertz CT molecular complexity index is 968. The molecule has 10 heteroatoms. The molecule has 0 atom stereocenters. The third-order valence-corrected chi connectivity index (χ3v) is 5.18. The van der Waals surface area contributed by atoms with E-state index < -0.39 is 23.4 Å². The molecular formula is C16H9F3N4OS2. The van der Waals surface area contributed by atoms with Crippen molar-refractivity contribution in [2.75, 3.05) is 5.32 Å². The fraction of sp³-hybridized carbons (Fsp3) is 0. The lowest BCUT2D eigenvalue weighted by atomic mass is 10.1. The van der Waals surface area contributed by atoms with Crippen LogP contribution in [-0.2, 0) is 4.79 Å². The maximum absolute atomic E-state index is 13.7. The second-order valence-corrected chi connectivity index (χ2v) is 7.09. The molecular weight excluding hydrogens is 385 g/mol. The van der Waals surface area contributed by atoms with Crippen LogP contribution in [0.15, 0.2) is 63.9 Å². The zero-order valence-corrected chi connectivity index (χ0v) is 14.4. The summed E-state index contributed by atoms with van der Waals surface area (Å²) in [5, 5.41) is 2.60. The number of halogens is 3. The number of allylic oxidation sites excluding steroid dienone is 4. The Labute approximate surface area is 154 Å². The van der Waals surface area contributed by atoms with E-state index in [0.717, 1.165) is 35.2 Å². The molecule has 0 fully saturated rings. The first-order chi connectivity index (χ1) is 12.5. The third-order valence-electron chi connectivity index (χ3n) is 3.52. The molecule has 2 N–H and O–H groups in total. The normalized spacial score (nSPS) is 20.0. The first-order valence-electron chi connectivity index (χ1n) is 7.26. The Hall–Kier alpha value is -2.59. The lowest BCUT2D eigenvalue weighted by Gasteiger charge is -2.16. The van der Waals surface area contributed by atoms with Gasteiger partial charge in [-0.2, -0.15) is 4.99 Å². The van der Waals surface area contributed by atoms with Gasteiger partial charge < -0.3 is 10.0 Å². The second kappa shape index (κ2) is 6.61. The van der Waals surface area contributed by atoms with Crippen LogP contribution >= 0.6 is 23.9 Å². The lowest BCUT2D eigenvalue weighted by Crippen LogP contribution is -2.08. The van der Waals surface area contributed by atoms with Crippen LogP contribution in [0.4, 0.5) is 18.9 Å². The van der Waals surface area contributed by atoms with Crippen LogP contribution in [-0.4, -0.2) is 15.4 Å². The van der Waals surface area contributed by atoms with E-state index in [1.54, 1.807) is 6.08 Å². The molecule has 3 heterocycles. The molecule has 26 heavy (non-hydrogen) atoms. The molecule has 1 amide bonds. The number of benzene rings is 1. The SMILES string of the molecule is O=C1N=C(Nc2ccc(F)c(F)c2F)SC1=CC1=CC2=CNSN2C=C1. The summed E-state index contributed by atoms with van der Waals surface area (Å²) in [5.74, 6) is -4.73. The highest BCUT2D eigenvalue weighted by molar-refractivity contribution is 8.18. The third kappa shape index (κ3) is 3.13. The number of hydrogen-bond donors (Lipinski definition) is 2. The average Bonchev–Trinajstić information content (AvgIpc) is 3.22. The fourth-order valence-corrected chi connectivity index (χ4v) is 3.74. The van der Waals surface area contributed by atoms with Crippen molar-refractivity contribution in [2.24, 2.45) is 4.99 Å². The molecule has 1 aromatic carbocycles. The molecule has 0 spiro atoms. The molecule has 1 aromatic rings. The summed E-state index contributed by atoms with van der Waals surface area (Å²) in [6.45, 7) is 0. The van der Waals surface area contributed by atoms with Gasteiger partial charge in [0.2, 0.25) is 0 Å². The van der Waals surface area contributed by atoms with E-state index in [9.17, 15) is 18.0 Å². The molecule has 132 valence electrons. The Kier molecular flexibility index (Phi) is 4.29. The summed E-state index contributed by atoms with van der Waals surface area (Å²) < 4.78 is 44.9. The van der Waals surface area contributed by atoms with E-state index in [4.69, 9.17) is 0 Å². The quantitative estimate of drug-likeness (QED) is 0.452. The van der Waals surface area contributed by atoms with Gasteiger partial charge in [0.05, 0.1) is 28.4 Å². The molecule has 5 nitrogen and oxygen atoms in total. The van der Waals surface area contributed by atoms with E-state index in [1.807, 2.05) is 28.9 Å². The molecule has 0 radical (unpaired) electrons. The number of rotatable bonds is 2. The number of amidine groups is 1. The van der Waals surface area contributed by atoms with E-state index in [1.165, 1.54) is 12.1 Å². The molecule has 0 saturated carbocycles. The van der Waals surface area contributed by atoms with Crippen molar-refractivity contribution in [1.82, 2.24) is 9.03 Å². The van der Waals surface area contributed by atoms with Crippen LogP contribution in [0.5, 0.6) is 0 Å². The smallest absolute Gasteiger partial charge is 0.286 e. The molecule has 0 aliphatic carbocycles. The van der Waals surface area contributed by atoms with Crippen LogP contribution in [0.3, 0.4) is 0 Å².